The lowest BCUT2D eigenvalue weighted by atomic mass is 9.94. The quantitative estimate of drug-likeness (QED) is 0.851. The molecule has 1 aliphatic rings. The van der Waals surface area contributed by atoms with Gasteiger partial charge in [0.15, 0.2) is 0 Å². The Morgan fingerprint density at radius 1 is 1.17 bits per heavy atom. The third kappa shape index (κ3) is 4.23. The number of aryl methyl sites for hydroxylation is 1. The second-order valence-electron chi connectivity index (χ2n) is 6.78. The smallest absolute Gasteiger partial charge is 0.0914 e. The molecule has 0 saturated heterocycles. The molecule has 128 valence electrons. The van der Waals surface area contributed by atoms with E-state index in [1.165, 1.54) is 16.7 Å². The van der Waals surface area contributed by atoms with E-state index in [1.807, 2.05) is 24.3 Å². The van der Waals surface area contributed by atoms with E-state index in [0.29, 0.717) is 6.54 Å². The Kier molecular flexibility index (Phi) is 5.67. The molecule has 1 aliphatic heterocycles. The molecule has 1 heterocycles. The number of aliphatic hydroxyl groups is 1. The van der Waals surface area contributed by atoms with Crippen LogP contribution in [-0.2, 0) is 11.2 Å². The molecule has 24 heavy (non-hydrogen) atoms. The van der Waals surface area contributed by atoms with Crippen molar-refractivity contribution in [3.8, 4) is 0 Å². The Balaban J connectivity index is 1.53. The lowest BCUT2D eigenvalue weighted by Crippen LogP contribution is -2.33. The Bertz CT molecular complexity index is 653. The summed E-state index contributed by atoms with van der Waals surface area (Å²) in [5.74, 6) is 0. The number of hydrogen-bond donors (Lipinski definition) is 2. The van der Waals surface area contributed by atoms with Crippen LogP contribution in [0.25, 0.3) is 0 Å². The molecule has 0 aromatic heterocycles. The highest BCUT2D eigenvalue weighted by molar-refractivity contribution is 5.31. The molecule has 0 amide bonds. The van der Waals surface area contributed by atoms with Crippen molar-refractivity contribution in [1.82, 2.24) is 5.32 Å². The number of ether oxygens (including phenoxy) is 1. The standard InChI is InChI=1S/C21H27NO2/c1-15-7-9-18(10-8-15)20(23)14-22-16(2)13-21-19-6-4-3-5-17(19)11-12-24-21/h3-10,16,20-23H,11-14H2,1-2H3. The minimum atomic E-state index is -0.479. The first-order valence-corrected chi connectivity index (χ1v) is 8.81. The number of rotatable bonds is 6. The number of benzene rings is 2. The molecule has 2 aromatic rings. The number of fused-ring (bicyclic) bond motifs is 1. The third-order valence-electron chi connectivity index (χ3n) is 4.78. The predicted octanol–water partition coefficient (Wildman–Crippen LogP) is 3.71. The van der Waals surface area contributed by atoms with Gasteiger partial charge in [0.2, 0.25) is 0 Å². The largest absolute Gasteiger partial charge is 0.387 e. The first kappa shape index (κ1) is 17.2. The monoisotopic (exact) mass is 325 g/mol. The Morgan fingerprint density at radius 2 is 1.92 bits per heavy atom. The molecule has 3 nitrogen and oxygen atoms in total. The van der Waals surface area contributed by atoms with Crippen LogP contribution in [0.15, 0.2) is 48.5 Å². The van der Waals surface area contributed by atoms with Gasteiger partial charge in [-0.3, -0.25) is 0 Å². The van der Waals surface area contributed by atoms with Gasteiger partial charge in [-0.05, 0) is 43.4 Å². The molecule has 0 spiro atoms. The van der Waals surface area contributed by atoms with Gasteiger partial charge in [0.25, 0.3) is 0 Å². The van der Waals surface area contributed by atoms with Gasteiger partial charge < -0.3 is 15.2 Å². The van der Waals surface area contributed by atoms with Crippen LogP contribution in [0.4, 0.5) is 0 Å². The van der Waals surface area contributed by atoms with E-state index < -0.39 is 6.10 Å². The van der Waals surface area contributed by atoms with Crippen molar-refractivity contribution < 1.29 is 9.84 Å². The summed E-state index contributed by atoms with van der Waals surface area (Å²) in [6.45, 7) is 5.56. The predicted molar refractivity (Wildman–Crippen MR) is 97.1 cm³/mol. The number of hydrogen-bond acceptors (Lipinski definition) is 3. The molecular formula is C21H27NO2. The zero-order valence-corrected chi connectivity index (χ0v) is 14.5. The van der Waals surface area contributed by atoms with Crippen molar-refractivity contribution in [2.24, 2.45) is 0 Å². The zero-order chi connectivity index (χ0) is 16.9. The van der Waals surface area contributed by atoms with Crippen LogP contribution in [0.5, 0.6) is 0 Å². The van der Waals surface area contributed by atoms with Crippen LogP contribution in [0.2, 0.25) is 0 Å². The van der Waals surface area contributed by atoms with Gasteiger partial charge in [-0.15, -0.1) is 0 Å². The van der Waals surface area contributed by atoms with Crippen LogP contribution < -0.4 is 5.32 Å². The maximum absolute atomic E-state index is 10.3. The molecule has 2 aromatic carbocycles. The van der Waals surface area contributed by atoms with Gasteiger partial charge in [0.1, 0.15) is 0 Å². The molecular weight excluding hydrogens is 298 g/mol. The van der Waals surface area contributed by atoms with Crippen molar-refractivity contribution in [2.45, 2.75) is 44.9 Å². The molecule has 0 radical (unpaired) electrons. The van der Waals surface area contributed by atoms with E-state index in [2.05, 4.69) is 43.4 Å². The van der Waals surface area contributed by atoms with Crippen molar-refractivity contribution in [3.05, 3.63) is 70.8 Å². The highest BCUT2D eigenvalue weighted by Gasteiger charge is 2.22. The minimum Gasteiger partial charge on any atom is -0.387 e. The summed E-state index contributed by atoms with van der Waals surface area (Å²) in [7, 11) is 0. The molecule has 2 N–H and O–H groups in total. The Labute approximate surface area is 144 Å². The molecule has 3 rings (SSSR count). The van der Waals surface area contributed by atoms with Crippen molar-refractivity contribution >= 4 is 0 Å². The van der Waals surface area contributed by atoms with Crippen molar-refractivity contribution in [2.75, 3.05) is 13.2 Å². The fourth-order valence-electron chi connectivity index (χ4n) is 3.30. The fourth-order valence-corrected chi connectivity index (χ4v) is 3.30. The fraction of sp³-hybridized carbons (Fsp3) is 0.429. The first-order chi connectivity index (χ1) is 11.6. The van der Waals surface area contributed by atoms with E-state index in [1.54, 1.807) is 0 Å². The normalized spacial score (nSPS) is 19.5. The molecule has 3 atom stereocenters. The second-order valence-corrected chi connectivity index (χ2v) is 6.78. The van der Waals surface area contributed by atoms with Gasteiger partial charge in [-0.1, -0.05) is 54.1 Å². The first-order valence-electron chi connectivity index (χ1n) is 8.81. The molecule has 0 saturated carbocycles. The average molecular weight is 325 g/mol. The molecule has 3 unspecified atom stereocenters. The van der Waals surface area contributed by atoms with Crippen LogP contribution >= 0.6 is 0 Å². The summed E-state index contributed by atoms with van der Waals surface area (Å²) in [4.78, 5) is 0. The van der Waals surface area contributed by atoms with Gasteiger partial charge in [0.05, 0.1) is 18.8 Å². The second kappa shape index (κ2) is 7.93. The van der Waals surface area contributed by atoms with E-state index in [-0.39, 0.29) is 12.1 Å². The summed E-state index contributed by atoms with van der Waals surface area (Å²) in [6.07, 6.45) is 1.58. The third-order valence-corrected chi connectivity index (χ3v) is 4.78. The lowest BCUT2D eigenvalue weighted by Gasteiger charge is -2.29. The van der Waals surface area contributed by atoms with Crippen molar-refractivity contribution in [1.29, 1.82) is 0 Å². The van der Waals surface area contributed by atoms with E-state index >= 15 is 0 Å². The van der Waals surface area contributed by atoms with Gasteiger partial charge >= 0.3 is 0 Å². The minimum absolute atomic E-state index is 0.147. The SMILES string of the molecule is Cc1ccc(C(O)CNC(C)CC2OCCc3ccccc32)cc1. The zero-order valence-electron chi connectivity index (χ0n) is 14.5. The van der Waals surface area contributed by atoms with Crippen LogP contribution in [-0.4, -0.2) is 24.3 Å². The highest BCUT2D eigenvalue weighted by atomic mass is 16.5. The number of aliphatic hydroxyl groups excluding tert-OH is 1. The summed E-state index contributed by atoms with van der Waals surface area (Å²) in [5.41, 5.74) is 4.89. The number of nitrogens with one attached hydrogen (secondary N) is 1. The Morgan fingerprint density at radius 3 is 2.71 bits per heavy atom. The van der Waals surface area contributed by atoms with E-state index in [0.717, 1.165) is 25.0 Å². The highest BCUT2D eigenvalue weighted by Crippen LogP contribution is 2.30. The topological polar surface area (TPSA) is 41.5 Å². The molecule has 3 heteroatoms. The van der Waals surface area contributed by atoms with Crippen molar-refractivity contribution in [3.63, 3.8) is 0 Å². The van der Waals surface area contributed by atoms with Gasteiger partial charge in [-0.2, -0.15) is 0 Å². The summed E-state index contributed by atoms with van der Waals surface area (Å²) >= 11 is 0. The van der Waals surface area contributed by atoms with Crippen LogP contribution in [0.1, 0.15) is 47.8 Å². The lowest BCUT2D eigenvalue weighted by molar-refractivity contribution is 0.0296. The molecule has 0 fully saturated rings. The van der Waals surface area contributed by atoms with Gasteiger partial charge in [-0.25, -0.2) is 0 Å². The maximum atomic E-state index is 10.3. The summed E-state index contributed by atoms with van der Waals surface area (Å²) in [5, 5.41) is 13.8. The maximum Gasteiger partial charge on any atom is 0.0914 e. The average Bonchev–Trinajstić information content (AvgIpc) is 2.61. The molecule has 0 aliphatic carbocycles. The van der Waals surface area contributed by atoms with Crippen LogP contribution in [0, 0.1) is 6.92 Å². The summed E-state index contributed by atoms with van der Waals surface area (Å²) in [6, 6.07) is 16.9. The summed E-state index contributed by atoms with van der Waals surface area (Å²) < 4.78 is 5.98. The van der Waals surface area contributed by atoms with Crippen LogP contribution in [0.3, 0.4) is 0 Å². The van der Waals surface area contributed by atoms with E-state index in [9.17, 15) is 5.11 Å². The van der Waals surface area contributed by atoms with E-state index in [4.69, 9.17) is 4.74 Å². The molecule has 0 bridgehead atoms. The van der Waals surface area contributed by atoms with Gasteiger partial charge in [0, 0.05) is 12.6 Å². The Hall–Kier alpha value is -1.68.